The molecule has 3 heteroatoms. The normalized spacial score (nSPS) is 12.9. The first kappa shape index (κ1) is 16.7. The maximum Gasteiger partial charge on any atom is 0.303 e. The number of hydrogen-bond acceptors (Lipinski definition) is 2. The van der Waals surface area contributed by atoms with E-state index in [-0.39, 0.29) is 6.42 Å². The van der Waals surface area contributed by atoms with Gasteiger partial charge in [0.15, 0.2) is 0 Å². The summed E-state index contributed by atoms with van der Waals surface area (Å²) in [5.74, 6) is -0.0000317. The SMILES string of the molecule is CC(C)c1ccc(C(O)CCCC(=O)O)c(C(C)C)c1. The number of aliphatic carboxylic acids is 1. The Balaban J connectivity index is 2.90. The Kier molecular flexibility index (Phi) is 6.21. The largest absolute Gasteiger partial charge is 0.481 e. The van der Waals surface area contributed by atoms with Gasteiger partial charge in [0.1, 0.15) is 0 Å². The van der Waals surface area contributed by atoms with Crippen LogP contribution in [-0.2, 0) is 4.79 Å². The smallest absolute Gasteiger partial charge is 0.303 e. The molecule has 1 aromatic carbocycles. The molecular formula is C17H26O3. The molecule has 1 atom stereocenters. The van der Waals surface area contributed by atoms with Crippen LogP contribution in [0.25, 0.3) is 0 Å². The molecule has 3 nitrogen and oxygen atoms in total. The number of carboxylic acids is 1. The van der Waals surface area contributed by atoms with E-state index in [0.29, 0.717) is 24.7 Å². The minimum atomic E-state index is -0.809. The first-order chi connectivity index (χ1) is 9.32. The average Bonchev–Trinajstić information content (AvgIpc) is 2.37. The summed E-state index contributed by atoms with van der Waals surface area (Å²) in [5.41, 5.74) is 3.38. The molecule has 0 fully saturated rings. The zero-order valence-electron chi connectivity index (χ0n) is 12.9. The van der Waals surface area contributed by atoms with E-state index in [0.717, 1.165) is 5.56 Å². The highest BCUT2D eigenvalue weighted by atomic mass is 16.4. The van der Waals surface area contributed by atoms with Crippen LogP contribution in [0.2, 0.25) is 0 Å². The Hall–Kier alpha value is -1.35. The molecule has 0 bridgehead atoms. The lowest BCUT2D eigenvalue weighted by molar-refractivity contribution is -0.137. The molecule has 0 heterocycles. The molecule has 0 saturated carbocycles. The summed E-state index contributed by atoms with van der Waals surface area (Å²) < 4.78 is 0. The highest BCUT2D eigenvalue weighted by molar-refractivity contribution is 5.66. The van der Waals surface area contributed by atoms with E-state index < -0.39 is 12.1 Å². The van der Waals surface area contributed by atoms with E-state index in [2.05, 4.69) is 39.8 Å². The zero-order chi connectivity index (χ0) is 15.3. The summed E-state index contributed by atoms with van der Waals surface area (Å²) in [4.78, 5) is 10.5. The topological polar surface area (TPSA) is 57.5 Å². The number of benzene rings is 1. The third-order valence-corrected chi connectivity index (χ3v) is 3.63. The lowest BCUT2D eigenvalue weighted by atomic mass is 9.88. The second-order valence-corrected chi connectivity index (χ2v) is 6.00. The van der Waals surface area contributed by atoms with Crippen molar-refractivity contribution in [2.45, 2.75) is 64.9 Å². The van der Waals surface area contributed by atoms with Crippen LogP contribution in [0.15, 0.2) is 18.2 Å². The van der Waals surface area contributed by atoms with Crippen molar-refractivity contribution in [2.24, 2.45) is 0 Å². The van der Waals surface area contributed by atoms with E-state index >= 15 is 0 Å². The Bertz CT molecular complexity index is 450. The molecule has 0 spiro atoms. The van der Waals surface area contributed by atoms with Crippen molar-refractivity contribution in [3.8, 4) is 0 Å². The van der Waals surface area contributed by atoms with Gasteiger partial charge < -0.3 is 10.2 Å². The molecule has 2 N–H and O–H groups in total. The van der Waals surface area contributed by atoms with E-state index in [4.69, 9.17) is 5.11 Å². The lowest BCUT2D eigenvalue weighted by Gasteiger charge is -2.20. The van der Waals surface area contributed by atoms with Gasteiger partial charge in [-0.1, -0.05) is 45.9 Å². The Morgan fingerprint density at radius 2 is 1.75 bits per heavy atom. The number of hydrogen-bond donors (Lipinski definition) is 2. The highest BCUT2D eigenvalue weighted by Crippen LogP contribution is 2.30. The van der Waals surface area contributed by atoms with Crippen LogP contribution >= 0.6 is 0 Å². The second-order valence-electron chi connectivity index (χ2n) is 6.00. The third-order valence-electron chi connectivity index (χ3n) is 3.63. The molecule has 0 amide bonds. The van der Waals surface area contributed by atoms with Gasteiger partial charge in [-0.2, -0.15) is 0 Å². The summed E-state index contributed by atoms with van der Waals surface area (Å²) in [6, 6.07) is 6.23. The van der Waals surface area contributed by atoms with E-state index in [1.165, 1.54) is 11.1 Å². The minimum Gasteiger partial charge on any atom is -0.481 e. The Labute approximate surface area is 121 Å². The fourth-order valence-electron chi connectivity index (χ4n) is 2.36. The van der Waals surface area contributed by atoms with Crippen LogP contribution in [0.5, 0.6) is 0 Å². The fraction of sp³-hybridized carbons (Fsp3) is 0.588. The van der Waals surface area contributed by atoms with Crippen molar-refractivity contribution in [3.63, 3.8) is 0 Å². The predicted molar refractivity (Wildman–Crippen MR) is 81.1 cm³/mol. The van der Waals surface area contributed by atoms with Crippen LogP contribution in [0.3, 0.4) is 0 Å². The molecule has 0 aliphatic heterocycles. The predicted octanol–water partition coefficient (Wildman–Crippen LogP) is 4.22. The number of rotatable bonds is 7. The molecule has 0 aliphatic carbocycles. The molecule has 1 unspecified atom stereocenters. The molecule has 1 rings (SSSR count). The average molecular weight is 278 g/mol. The van der Waals surface area contributed by atoms with Gasteiger partial charge in [-0.05, 0) is 41.4 Å². The standard InChI is InChI=1S/C17H26O3/c1-11(2)13-8-9-14(15(10-13)12(3)4)16(18)6-5-7-17(19)20/h8-12,16,18H,5-7H2,1-4H3,(H,19,20). The van der Waals surface area contributed by atoms with Crippen molar-refractivity contribution < 1.29 is 15.0 Å². The number of carbonyl (C=O) groups is 1. The van der Waals surface area contributed by atoms with Gasteiger partial charge >= 0.3 is 5.97 Å². The van der Waals surface area contributed by atoms with E-state index in [9.17, 15) is 9.90 Å². The number of aliphatic hydroxyl groups is 1. The van der Waals surface area contributed by atoms with Gasteiger partial charge in [0, 0.05) is 6.42 Å². The van der Waals surface area contributed by atoms with Crippen molar-refractivity contribution in [1.29, 1.82) is 0 Å². The van der Waals surface area contributed by atoms with Gasteiger partial charge in [0.2, 0.25) is 0 Å². The lowest BCUT2D eigenvalue weighted by Crippen LogP contribution is -2.06. The fourth-order valence-corrected chi connectivity index (χ4v) is 2.36. The molecule has 0 aromatic heterocycles. The van der Waals surface area contributed by atoms with Crippen molar-refractivity contribution >= 4 is 5.97 Å². The van der Waals surface area contributed by atoms with Crippen molar-refractivity contribution in [1.82, 2.24) is 0 Å². The van der Waals surface area contributed by atoms with Gasteiger partial charge in [-0.3, -0.25) is 4.79 Å². The monoisotopic (exact) mass is 278 g/mol. The molecule has 0 radical (unpaired) electrons. The summed E-state index contributed by atoms with van der Waals surface area (Å²) in [6.07, 6.45) is 0.526. The molecule has 112 valence electrons. The summed E-state index contributed by atoms with van der Waals surface area (Å²) in [6.45, 7) is 8.55. The minimum absolute atomic E-state index is 0.109. The van der Waals surface area contributed by atoms with Crippen LogP contribution < -0.4 is 0 Å². The van der Waals surface area contributed by atoms with Gasteiger partial charge in [0.25, 0.3) is 0 Å². The maximum absolute atomic E-state index is 10.5. The maximum atomic E-state index is 10.5. The number of carboxylic acid groups (broad SMARTS) is 1. The second kappa shape index (κ2) is 7.44. The zero-order valence-corrected chi connectivity index (χ0v) is 12.9. The molecule has 1 aromatic rings. The highest BCUT2D eigenvalue weighted by Gasteiger charge is 2.16. The first-order valence-electron chi connectivity index (χ1n) is 7.36. The third kappa shape index (κ3) is 4.64. The number of aliphatic hydroxyl groups excluding tert-OH is 1. The van der Waals surface area contributed by atoms with Gasteiger partial charge in [-0.25, -0.2) is 0 Å². The molecular weight excluding hydrogens is 252 g/mol. The van der Waals surface area contributed by atoms with E-state index in [1.54, 1.807) is 0 Å². The molecule has 20 heavy (non-hydrogen) atoms. The summed E-state index contributed by atoms with van der Waals surface area (Å²) in [5, 5.41) is 19.0. The van der Waals surface area contributed by atoms with Crippen LogP contribution in [0.1, 0.15) is 81.6 Å². The van der Waals surface area contributed by atoms with Crippen LogP contribution in [-0.4, -0.2) is 16.2 Å². The van der Waals surface area contributed by atoms with Crippen molar-refractivity contribution in [3.05, 3.63) is 34.9 Å². The molecule has 0 saturated heterocycles. The van der Waals surface area contributed by atoms with Gasteiger partial charge in [0.05, 0.1) is 6.10 Å². The van der Waals surface area contributed by atoms with Crippen molar-refractivity contribution in [2.75, 3.05) is 0 Å². The Morgan fingerprint density at radius 3 is 2.25 bits per heavy atom. The quantitative estimate of drug-likeness (QED) is 0.785. The summed E-state index contributed by atoms with van der Waals surface area (Å²) >= 11 is 0. The Morgan fingerprint density at radius 1 is 1.10 bits per heavy atom. The van der Waals surface area contributed by atoms with Crippen LogP contribution in [0, 0.1) is 0 Å². The van der Waals surface area contributed by atoms with Crippen LogP contribution in [0.4, 0.5) is 0 Å². The van der Waals surface area contributed by atoms with Gasteiger partial charge in [-0.15, -0.1) is 0 Å². The summed E-state index contributed by atoms with van der Waals surface area (Å²) in [7, 11) is 0. The van der Waals surface area contributed by atoms with E-state index in [1.807, 2.05) is 6.07 Å². The molecule has 0 aliphatic rings. The first-order valence-corrected chi connectivity index (χ1v) is 7.36.